The van der Waals surface area contributed by atoms with Crippen molar-refractivity contribution in [2.75, 3.05) is 6.61 Å². The van der Waals surface area contributed by atoms with Crippen LogP contribution >= 0.6 is 0 Å². The lowest BCUT2D eigenvalue weighted by Gasteiger charge is -2.30. The number of hydrogen-bond acceptors (Lipinski definition) is 8. The van der Waals surface area contributed by atoms with Gasteiger partial charge in [-0.2, -0.15) is 0 Å². The second kappa shape index (κ2) is 13.4. The van der Waals surface area contributed by atoms with Crippen molar-refractivity contribution in [2.24, 2.45) is 11.8 Å². The highest BCUT2D eigenvalue weighted by Crippen LogP contribution is 2.16. The molecular weight excluding hydrogens is 440 g/mol. The Hall–Kier alpha value is -3.27. The van der Waals surface area contributed by atoms with Gasteiger partial charge in [0.2, 0.25) is 5.91 Å². The number of hydrazine groups is 1. The van der Waals surface area contributed by atoms with Crippen LogP contribution in [0, 0.1) is 11.8 Å². The van der Waals surface area contributed by atoms with E-state index in [1.807, 2.05) is 58.0 Å². The molecule has 10 nitrogen and oxygen atoms in total. The van der Waals surface area contributed by atoms with Gasteiger partial charge < -0.3 is 24.9 Å². The lowest BCUT2D eigenvalue weighted by atomic mass is 10.0. The van der Waals surface area contributed by atoms with E-state index in [9.17, 15) is 14.4 Å². The summed E-state index contributed by atoms with van der Waals surface area (Å²) in [5, 5.41) is 6.88. The van der Waals surface area contributed by atoms with Crippen LogP contribution in [-0.4, -0.2) is 42.0 Å². The molecule has 34 heavy (non-hydrogen) atoms. The molecule has 1 aliphatic rings. The Labute approximate surface area is 200 Å². The van der Waals surface area contributed by atoms with E-state index in [0.717, 1.165) is 5.56 Å². The summed E-state index contributed by atoms with van der Waals surface area (Å²) in [6.07, 6.45) is 0.901. The Bertz CT molecular complexity index is 843. The van der Waals surface area contributed by atoms with Crippen molar-refractivity contribution in [2.45, 2.75) is 66.3 Å². The van der Waals surface area contributed by atoms with Gasteiger partial charge in [0.1, 0.15) is 25.1 Å². The first-order valence-electron chi connectivity index (χ1n) is 11.6. The van der Waals surface area contributed by atoms with E-state index >= 15 is 0 Å². The van der Waals surface area contributed by atoms with Crippen molar-refractivity contribution in [1.82, 2.24) is 21.2 Å². The molecule has 0 saturated carbocycles. The van der Waals surface area contributed by atoms with Gasteiger partial charge in [-0.15, -0.1) is 0 Å². The maximum atomic E-state index is 13.2. The summed E-state index contributed by atoms with van der Waals surface area (Å²) in [6.45, 7) is 9.96. The Kier molecular flexibility index (Phi) is 10.7. The van der Waals surface area contributed by atoms with Gasteiger partial charge in [-0.05, 0) is 42.3 Å². The molecule has 0 spiro atoms. The number of nitrogens with zero attached hydrogens (tertiary/aromatic N) is 1. The van der Waals surface area contributed by atoms with Crippen LogP contribution in [0.15, 0.2) is 42.3 Å². The number of esters is 1. The monoisotopic (exact) mass is 476 g/mol. The lowest BCUT2D eigenvalue weighted by molar-refractivity contribution is -0.168. The zero-order chi connectivity index (χ0) is 25.1. The summed E-state index contributed by atoms with van der Waals surface area (Å²) in [7, 11) is 0. The molecule has 0 fully saturated rings. The van der Waals surface area contributed by atoms with Crippen LogP contribution in [-0.2, 0) is 30.5 Å². The lowest BCUT2D eigenvalue weighted by Crippen LogP contribution is -2.57. The highest BCUT2D eigenvalue weighted by molar-refractivity contribution is 5.87. The number of alkyl carbamates (subject to hydrolysis) is 1. The number of benzene rings is 1. The van der Waals surface area contributed by atoms with Crippen LogP contribution in [0.1, 0.15) is 53.0 Å². The van der Waals surface area contributed by atoms with Gasteiger partial charge >= 0.3 is 12.1 Å². The standard InChI is InChI=1S/C24H36N4O6/c1-6-32-23(30)20-15-34-28(27-20)21(13-17(4)5)26-22(29)19(12-16(2)3)25-24(31)33-14-18-10-8-7-9-11-18/h7-11,15-17,19,21,27H,6,12-14H2,1-5H3,(H,25,31)(H,26,29)/t19-,21+/m0/s1. The summed E-state index contributed by atoms with van der Waals surface area (Å²) in [5.74, 6) is -0.590. The summed E-state index contributed by atoms with van der Waals surface area (Å²) in [4.78, 5) is 43.0. The predicted octanol–water partition coefficient (Wildman–Crippen LogP) is 2.97. The van der Waals surface area contributed by atoms with Crippen LogP contribution in [0.3, 0.4) is 0 Å². The fourth-order valence-corrected chi connectivity index (χ4v) is 3.27. The molecule has 0 saturated heterocycles. The normalized spacial score (nSPS) is 15.1. The van der Waals surface area contributed by atoms with E-state index in [4.69, 9.17) is 14.3 Å². The minimum atomic E-state index is -0.807. The molecule has 1 aliphatic heterocycles. The van der Waals surface area contributed by atoms with E-state index in [1.165, 1.54) is 11.4 Å². The van der Waals surface area contributed by atoms with Crippen molar-refractivity contribution in [1.29, 1.82) is 0 Å². The highest BCUT2D eigenvalue weighted by Gasteiger charge is 2.32. The zero-order valence-corrected chi connectivity index (χ0v) is 20.5. The topological polar surface area (TPSA) is 118 Å². The van der Waals surface area contributed by atoms with E-state index in [1.54, 1.807) is 6.92 Å². The number of carbonyl (C=O) groups is 3. The molecule has 1 aromatic rings. The average molecular weight is 477 g/mol. The quantitative estimate of drug-likeness (QED) is 0.394. The van der Waals surface area contributed by atoms with Crippen molar-refractivity contribution in [3.8, 4) is 0 Å². The molecule has 188 valence electrons. The molecule has 3 N–H and O–H groups in total. The summed E-state index contributed by atoms with van der Waals surface area (Å²) < 4.78 is 10.3. The number of hydroxylamine groups is 1. The van der Waals surface area contributed by atoms with Crippen LogP contribution in [0.2, 0.25) is 0 Å². The van der Waals surface area contributed by atoms with Gasteiger partial charge in [-0.25, -0.2) is 9.59 Å². The number of carbonyl (C=O) groups excluding carboxylic acids is 3. The minimum Gasteiger partial charge on any atom is -0.461 e. The van der Waals surface area contributed by atoms with Gasteiger partial charge in [0.25, 0.3) is 0 Å². The number of ether oxygens (including phenoxy) is 2. The third kappa shape index (κ3) is 8.93. The molecule has 1 aromatic carbocycles. The molecule has 2 rings (SSSR count). The summed E-state index contributed by atoms with van der Waals surface area (Å²) in [5.41, 5.74) is 3.80. The number of rotatable bonds is 12. The first-order chi connectivity index (χ1) is 16.2. The Morgan fingerprint density at radius 2 is 1.68 bits per heavy atom. The van der Waals surface area contributed by atoms with E-state index < -0.39 is 24.3 Å². The molecule has 1 heterocycles. The molecule has 0 aliphatic carbocycles. The van der Waals surface area contributed by atoms with Crippen LogP contribution in [0.25, 0.3) is 0 Å². The maximum absolute atomic E-state index is 13.2. The molecule has 0 aromatic heterocycles. The molecule has 0 radical (unpaired) electrons. The van der Waals surface area contributed by atoms with Crippen LogP contribution in [0.4, 0.5) is 4.79 Å². The van der Waals surface area contributed by atoms with E-state index in [2.05, 4.69) is 16.1 Å². The second-order valence-electron chi connectivity index (χ2n) is 8.84. The number of hydrogen-bond donors (Lipinski definition) is 3. The van der Waals surface area contributed by atoms with Gasteiger partial charge in [0.15, 0.2) is 5.70 Å². The zero-order valence-electron chi connectivity index (χ0n) is 20.5. The first kappa shape index (κ1) is 27.0. The van der Waals surface area contributed by atoms with E-state index in [-0.39, 0.29) is 36.7 Å². The highest BCUT2D eigenvalue weighted by atomic mass is 16.7. The van der Waals surface area contributed by atoms with Gasteiger partial charge in [-0.3, -0.25) is 10.2 Å². The van der Waals surface area contributed by atoms with Crippen molar-refractivity contribution >= 4 is 18.0 Å². The largest absolute Gasteiger partial charge is 0.461 e. The fraction of sp³-hybridized carbons (Fsp3) is 0.542. The van der Waals surface area contributed by atoms with Crippen molar-refractivity contribution < 1.29 is 28.7 Å². The van der Waals surface area contributed by atoms with E-state index in [0.29, 0.717) is 12.8 Å². The van der Waals surface area contributed by atoms with Crippen LogP contribution < -0.4 is 16.1 Å². The Morgan fingerprint density at radius 1 is 1.00 bits per heavy atom. The third-order valence-corrected chi connectivity index (χ3v) is 4.83. The van der Waals surface area contributed by atoms with Crippen molar-refractivity contribution in [3.63, 3.8) is 0 Å². The second-order valence-corrected chi connectivity index (χ2v) is 8.84. The molecular formula is C24H36N4O6. The predicted molar refractivity (Wildman–Crippen MR) is 125 cm³/mol. The Balaban J connectivity index is 2.00. The Morgan fingerprint density at radius 3 is 2.29 bits per heavy atom. The summed E-state index contributed by atoms with van der Waals surface area (Å²) >= 11 is 0. The number of amides is 2. The van der Waals surface area contributed by atoms with Gasteiger partial charge in [0.05, 0.1) is 6.61 Å². The van der Waals surface area contributed by atoms with Crippen molar-refractivity contribution in [3.05, 3.63) is 47.9 Å². The smallest absolute Gasteiger partial charge is 0.408 e. The summed E-state index contributed by atoms with van der Waals surface area (Å²) in [6, 6.07) is 8.49. The van der Waals surface area contributed by atoms with Gasteiger partial charge in [-0.1, -0.05) is 58.0 Å². The number of nitrogens with one attached hydrogen (secondary N) is 3. The molecule has 10 heteroatoms. The van der Waals surface area contributed by atoms with Gasteiger partial charge in [0, 0.05) is 0 Å². The molecule has 0 bridgehead atoms. The SMILES string of the molecule is CCOC(=O)C1=CON([C@H](CC(C)C)NC(=O)[C@H](CC(C)C)NC(=O)OCc2ccccc2)N1. The first-order valence-corrected chi connectivity index (χ1v) is 11.6. The molecule has 2 amide bonds. The molecule has 2 atom stereocenters. The molecule has 0 unspecified atom stereocenters. The minimum absolute atomic E-state index is 0.104. The fourth-order valence-electron chi connectivity index (χ4n) is 3.27. The van der Waals surface area contributed by atoms with Crippen LogP contribution in [0.5, 0.6) is 0 Å². The average Bonchev–Trinajstić information content (AvgIpc) is 3.27. The third-order valence-electron chi connectivity index (χ3n) is 4.83. The maximum Gasteiger partial charge on any atom is 0.408 e.